The van der Waals surface area contributed by atoms with Gasteiger partial charge in [-0.25, -0.2) is 19.6 Å². The van der Waals surface area contributed by atoms with Crippen molar-refractivity contribution >= 4 is 72.1 Å². The second-order valence-electron chi connectivity index (χ2n) is 15.2. The van der Waals surface area contributed by atoms with Crippen molar-refractivity contribution in [1.82, 2.24) is 35.1 Å². The zero-order valence-electron chi connectivity index (χ0n) is 33.6. The molecule has 4 aromatic rings. The summed E-state index contributed by atoms with van der Waals surface area (Å²) in [6, 6.07) is 15.4. The summed E-state index contributed by atoms with van der Waals surface area (Å²) in [6.07, 6.45) is 7.97. The van der Waals surface area contributed by atoms with Crippen molar-refractivity contribution in [2.75, 3.05) is 26.8 Å². The highest BCUT2D eigenvalue weighted by molar-refractivity contribution is 7.59. The fourth-order valence-corrected chi connectivity index (χ4v) is 7.54. The van der Waals surface area contributed by atoms with Crippen LogP contribution in [0.15, 0.2) is 66.9 Å². The van der Waals surface area contributed by atoms with Crippen molar-refractivity contribution in [3.8, 4) is 33.6 Å². The highest BCUT2D eigenvalue weighted by atomic mass is 32.1. The minimum Gasteiger partial charge on any atom is -0.453 e. The number of amides is 3. The second-order valence-corrected chi connectivity index (χ2v) is 15.2. The summed E-state index contributed by atoms with van der Waals surface area (Å²) >= 11 is 0. The number of ether oxygens (including phenoxy) is 3. The van der Waals surface area contributed by atoms with Gasteiger partial charge >= 0.3 is 12.2 Å². The van der Waals surface area contributed by atoms with E-state index in [4.69, 9.17) is 19.2 Å². The molecule has 3 aliphatic rings. The maximum atomic E-state index is 13.9. The summed E-state index contributed by atoms with van der Waals surface area (Å²) in [7, 11) is 1.29. The Labute approximate surface area is 368 Å². The number of benzene rings is 2. The van der Waals surface area contributed by atoms with E-state index in [1.54, 1.807) is 4.90 Å². The minimum atomic E-state index is -0.781. The number of methoxy groups -OCH3 is 1. The predicted molar refractivity (Wildman–Crippen MR) is 244 cm³/mol. The molecule has 3 aliphatic heterocycles. The first-order chi connectivity index (χ1) is 26.0. The standard InChI is InChI=1S/C41H49N7O6.4H2S/c1-25-9-8-22-53-24-31-35(45-37(44-31)33-11-6-20-47(33)38(49)34(25)46-39(50)52-5)29-18-14-27(15-19-29)26-12-16-28(17-13-26)30-23-42-36(43-30)32-10-7-21-48(32)40(51)54-41(2,3)4;;;;/h8-9,12-19,23,25,32-34H,6-7,10-11,20-22,24H2,1-5H3,(H,42,43)(H,44,45)(H,46,50);4*1H2/b9-8+;;;;/t25-,32-,33-,34-;;;;/m0..../s1. The quantitative estimate of drug-likeness (QED) is 0.172. The number of carbonyl (C=O) groups is 3. The van der Waals surface area contributed by atoms with Gasteiger partial charge in [0.15, 0.2) is 0 Å². The fourth-order valence-electron chi connectivity index (χ4n) is 7.54. The zero-order valence-corrected chi connectivity index (χ0v) is 37.6. The lowest BCUT2D eigenvalue weighted by Gasteiger charge is -2.30. The van der Waals surface area contributed by atoms with Crippen LogP contribution in [0.5, 0.6) is 0 Å². The molecule has 2 fully saturated rings. The maximum Gasteiger partial charge on any atom is 0.410 e. The van der Waals surface area contributed by atoms with E-state index in [0.29, 0.717) is 32.1 Å². The van der Waals surface area contributed by atoms with Gasteiger partial charge < -0.3 is 34.4 Å². The third-order valence-corrected chi connectivity index (χ3v) is 10.3. The molecule has 0 saturated carbocycles. The van der Waals surface area contributed by atoms with Gasteiger partial charge in [0.1, 0.15) is 23.3 Å². The number of alkyl carbamates (subject to hydrolysis) is 1. The van der Waals surface area contributed by atoms with Gasteiger partial charge in [0.2, 0.25) is 5.91 Å². The van der Waals surface area contributed by atoms with Crippen molar-refractivity contribution < 1.29 is 28.6 Å². The van der Waals surface area contributed by atoms with Crippen LogP contribution in [0.2, 0.25) is 0 Å². The van der Waals surface area contributed by atoms with Gasteiger partial charge in [0.05, 0.1) is 55.7 Å². The largest absolute Gasteiger partial charge is 0.453 e. The molecule has 4 atom stereocenters. The van der Waals surface area contributed by atoms with E-state index in [-0.39, 0.29) is 84.0 Å². The Morgan fingerprint density at radius 1 is 0.862 bits per heavy atom. The number of rotatable bonds is 5. The molecule has 0 spiro atoms. The molecule has 2 aromatic heterocycles. The first-order valence-corrected chi connectivity index (χ1v) is 18.7. The summed E-state index contributed by atoms with van der Waals surface area (Å²) in [5.41, 5.74) is 6.02. The Morgan fingerprint density at radius 2 is 1.48 bits per heavy atom. The van der Waals surface area contributed by atoms with E-state index in [9.17, 15) is 14.4 Å². The van der Waals surface area contributed by atoms with Crippen molar-refractivity contribution in [2.24, 2.45) is 5.92 Å². The van der Waals surface area contributed by atoms with Crippen molar-refractivity contribution in [3.05, 3.63) is 84.2 Å². The van der Waals surface area contributed by atoms with Crippen LogP contribution in [0.4, 0.5) is 9.59 Å². The third-order valence-electron chi connectivity index (χ3n) is 10.3. The highest BCUT2D eigenvalue weighted by Crippen LogP contribution is 2.36. The van der Waals surface area contributed by atoms with E-state index >= 15 is 0 Å². The number of fused-ring (bicyclic) bond motifs is 4. The normalized spacial score (nSPS) is 20.9. The summed E-state index contributed by atoms with van der Waals surface area (Å²) in [6.45, 7) is 9.41. The van der Waals surface area contributed by atoms with E-state index in [1.807, 2.05) is 50.9 Å². The predicted octanol–water partition coefficient (Wildman–Crippen LogP) is 7.77. The third kappa shape index (κ3) is 10.8. The molecule has 0 radical (unpaired) electrons. The zero-order chi connectivity index (χ0) is 38.0. The molecule has 0 unspecified atom stereocenters. The topological polar surface area (TPSA) is 155 Å². The summed E-state index contributed by atoms with van der Waals surface area (Å²) in [5, 5.41) is 2.74. The molecule has 2 saturated heterocycles. The minimum absolute atomic E-state index is 0. The number of aromatic nitrogens is 4. The van der Waals surface area contributed by atoms with Crippen LogP contribution in [-0.4, -0.2) is 86.3 Å². The average Bonchev–Trinajstić information content (AvgIpc) is 3.99. The van der Waals surface area contributed by atoms with Crippen LogP contribution in [0.1, 0.15) is 82.8 Å². The maximum absolute atomic E-state index is 13.9. The Balaban J connectivity index is 0.00000225. The number of hydrogen-bond acceptors (Lipinski definition) is 8. The molecular weight excluding hydrogens is 815 g/mol. The number of carbonyl (C=O) groups excluding carboxylic acids is 3. The molecular formula is C41H57N7O6S4. The number of nitrogens with one attached hydrogen (secondary N) is 3. The summed E-state index contributed by atoms with van der Waals surface area (Å²) < 4.78 is 16.5. The average molecular weight is 872 g/mol. The molecule has 5 heterocycles. The lowest BCUT2D eigenvalue weighted by molar-refractivity contribution is -0.135. The monoisotopic (exact) mass is 871 g/mol. The van der Waals surface area contributed by atoms with Crippen LogP contribution >= 0.6 is 54.0 Å². The first-order valence-electron chi connectivity index (χ1n) is 18.7. The molecule has 2 bridgehead atoms. The van der Waals surface area contributed by atoms with E-state index < -0.39 is 17.7 Å². The smallest absolute Gasteiger partial charge is 0.410 e. The molecule has 0 aliphatic carbocycles. The summed E-state index contributed by atoms with van der Waals surface area (Å²) in [5.74, 6) is 1.04. The van der Waals surface area contributed by atoms with Crippen LogP contribution in [0.25, 0.3) is 33.6 Å². The fraction of sp³-hybridized carbons (Fsp3) is 0.439. The number of imidazole rings is 2. The SMILES string of the molecule is COC(=O)N[C@@H]1C(=O)N2CCC[C@H]2c2nc(-c3ccc(-c4ccc(-c5cnc([C@@H]6CCCN6C(=O)OC(C)(C)C)[nH]5)cc4)cc3)c([nH]2)COC/C=C/[C@@H]1C.S.S.S.S. The molecule has 3 N–H and O–H groups in total. The lowest BCUT2D eigenvalue weighted by atomic mass is 9.99. The van der Waals surface area contributed by atoms with Gasteiger partial charge in [-0.1, -0.05) is 67.6 Å². The lowest BCUT2D eigenvalue weighted by Crippen LogP contribution is -2.51. The van der Waals surface area contributed by atoms with Crippen LogP contribution in [0.3, 0.4) is 0 Å². The van der Waals surface area contributed by atoms with Gasteiger partial charge in [-0.2, -0.15) is 54.0 Å². The molecule has 17 heteroatoms. The number of H-pyrrole nitrogens is 2. The van der Waals surface area contributed by atoms with Gasteiger partial charge in [-0.3, -0.25) is 9.69 Å². The Hall–Kier alpha value is -4.03. The van der Waals surface area contributed by atoms with E-state index in [0.717, 1.165) is 70.8 Å². The van der Waals surface area contributed by atoms with Crippen LogP contribution in [0, 0.1) is 5.92 Å². The number of hydrogen-bond donors (Lipinski definition) is 3. The van der Waals surface area contributed by atoms with E-state index in [1.165, 1.54) is 7.11 Å². The van der Waals surface area contributed by atoms with Gasteiger partial charge in [0, 0.05) is 24.6 Å². The molecule has 316 valence electrons. The van der Waals surface area contributed by atoms with Gasteiger partial charge in [-0.05, 0) is 63.1 Å². The van der Waals surface area contributed by atoms with E-state index in [2.05, 4.69) is 68.8 Å². The van der Waals surface area contributed by atoms with Crippen LogP contribution < -0.4 is 5.32 Å². The highest BCUT2D eigenvalue weighted by Gasteiger charge is 2.39. The Kier molecular flexibility index (Phi) is 17.3. The molecule has 58 heavy (non-hydrogen) atoms. The van der Waals surface area contributed by atoms with Gasteiger partial charge in [-0.15, -0.1) is 0 Å². The molecule has 3 amide bonds. The second kappa shape index (κ2) is 20.8. The van der Waals surface area contributed by atoms with Gasteiger partial charge in [0.25, 0.3) is 0 Å². The molecule has 2 aromatic carbocycles. The molecule has 13 nitrogen and oxygen atoms in total. The Morgan fingerprint density at radius 3 is 2.14 bits per heavy atom. The van der Waals surface area contributed by atoms with Crippen molar-refractivity contribution in [2.45, 2.75) is 83.7 Å². The van der Waals surface area contributed by atoms with Crippen molar-refractivity contribution in [1.29, 1.82) is 0 Å². The Bertz CT molecular complexity index is 2020. The van der Waals surface area contributed by atoms with Crippen molar-refractivity contribution in [3.63, 3.8) is 0 Å². The molecule has 7 rings (SSSR count). The number of likely N-dealkylation sites (tertiary alicyclic amines) is 1. The first kappa shape index (κ1) is 48.3. The summed E-state index contributed by atoms with van der Waals surface area (Å²) in [4.78, 5) is 59.2. The number of nitrogens with zero attached hydrogens (tertiary/aromatic N) is 4. The van der Waals surface area contributed by atoms with Crippen LogP contribution in [-0.2, 0) is 25.6 Å². The number of aromatic amines is 2.